The number of halogens is 1. The molecule has 78 valence electrons. The van der Waals surface area contributed by atoms with Gasteiger partial charge in [-0.2, -0.15) is 0 Å². The van der Waals surface area contributed by atoms with Crippen LogP contribution in [-0.4, -0.2) is 19.9 Å². The van der Waals surface area contributed by atoms with Gasteiger partial charge >= 0.3 is 0 Å². The lowest BCUT2D eigenvalue weighted by atomic mass is 10.5. The second-order valence-corrected chi connectivity index (χ2v) is 5.19. The predicted octanol–water partition coefficient (Wildman–Crippen LogP) is 0.724. The van der Waals surface area contributed by atoms with E-state index < -0.39 is 10.0 Å². The van der Waals surface area contributed by atoms with Gasteiger partial charge in [-0.25, -0.2) is 18.1 Å². The third-order valence-corrected chi connectivity index (χ3v) is 3.48. The summed E-state index contributed by atoms with van der Waals surface area (Å²) in [5.41, 5.74) is 5.45. The minimum absolute atomic E-state index is 0.00542. The normalized spacial score (nSPS) is 11.6. The third kappa shape index (κ3) is 2.43. The highest BCUT2D eigenvalue weighted by Crippen LogP contribution is 2.19. The number of sulfonamides is 1. The molecule has 0 radical (unpaired) electrons. The molecule has 0 spiro atoms. The van der Waals surface area contributed by atoms with Crippen LogP contribution in [0.2, 0.25) is 0 Å². The van der Waals surface area contributed by atoms with E-state index in [9.17, 15) is 8.42 Å². The van der Waals surface area contributed by atoms with E-state index in [-0.39, 0.29) is 10.7 Å². The molecule has 0 aliphatic rings. The lowest BCUT2D eigenvalue weighted by Gasteiger charge is -2.06. The van der Waals surface area contributed by atoms with Crippen molar-refractivity contribution in [1.82, 2.24) is 9.71 Å². The number of hydrogen-bond acceptors (Lipinski definition) is 4. The topological polar surface area (TPSA) is 85.1 Å². The second kappa shape index (κ2) is 4.24. The van der Waals surface area contributed by atoms with Gasteiger partial charge in [0.25, 0.3) is 0 Å². The van der Waals surface area contributed by atoms with E-state index in [1.165, 1.54) is 12.3 Å². The molecule has 0 aliphatic heterocycles. The molecule has 7 heteroatoms. The van der Waals surface area contributed by atoms with Gasteiger partial charge in [0.05, 0.1) is 0 Å². The van der Waals surface area contributed by atoms with Crippen LogP contribution in [0.4, 0.5) is 5.82 Å². The van der Waals surface area contributed by atoms with Crippen molar-refractivity contribution in [3.63, 3.8) is 0 Å². The highest BCUT2D eigenvalue weighted by atomic mass is 79.9. The summed E-state index contributed by atoms with van der Waals surface area (Å²) >= 11 is 3.13. The van der Waals surface area contributed by atoms with Gasteiger partial charge in [-0.05, 0) is 22.0 Å². The molecule has 14 heavy (non-hydrogen) atoms. The van der Waals surface area contributed by atoms with Crippen molar-refractivity contribution in [1.29, 1.82) is 0 Å². The van der Waals surface area contributed by atoms with E-state index in [4.69, 9.17) is 5.73 Å². The van der Waals surface area contributed by atoms with E-state index in [0.717, 1.165) is 0 Å². The summed E-state index contributed by atoms with van der Waals surface area (Å²) in [5.74, 6) is -0.00542. The van der Waals surface area contributed by atoms with E-state index in [0.29, 0.717) is 11.0 Å². The van der Waals surface area contributed by atoms with Crippen molar-refractivity contribution in [2.45, 2.75) is 11.8 Å². The number of nitrogen functional groups attached to an aromatic ring is 1. The molecular formula is C7H10BrN3O2S. The van der Waals surface area contributed by atoms with Crippen molar-refractivity contribution < 1.29 is 8.42 Å². The van der Waals surface area contributed by atoms with Crippen LogP contribution in [0.25, 0.3) is 0 Å². The van der Waals surface area contributed by atoms with Crippen LogP contribution in [0.15, 0.2) is 21.6 Å². The molecule has 0 saturated carbocycles. The van der Waals surface area contributed by atoms with Crippen LogP contribution in [0, 0.1) is 0 Å². The Hall–Kier alpha value is -0.660. The molecule has 1 rings (SSSR count). The quantitative estimate of drug-likeness (QED) is 0.854. The predicted molar refractivity (Wildman–Crippen MR) is 57.2 cm³/mol. The average molecular weight is 280 g/mol. The maximum Gasteiger partial charge on any atom is 0.244 e. The number of pyridine rings is 1. The van der Waals surface area contributed by atoms with E-state index >= 15 is 0 Å². The fourth-order valence-electron chi connectivity index (χ4n) is 0.914. The summed E-state index contributed by atoms with van der Waals surface area (Å²) in [7, 11) is -3.53. The van der Waals surface area contributed by atoms with Gasteiger partial charge in [0, 0.05) is 17.2 Å². The second-order valence-electron chi connectivity index (χ2n) is 2.54. The SMILES string of the molecule is CCNS(=O)(=O)c1cc(Br)cnc1N. The highest BCUT2D eigenvalue weighted by molar-refractivity contribution is 9.10. The van der Waals surface area contributed by atoms with Gasteiger partial charge in [0.1, 0.15) is 10.7 Å². The molecule has 0 amide bonds. The Bertz CT molecular complexity index is 433. The van der Waals surface area contributed by atoms with Gasteiger partial charge in [0.2, 0.25) is 10.0 Å². The van der Waals surface area contributed by atoms with Gasteiger partial charge < -0.3 is 5.73 Å². The first-order valence-electron chi connectivity index (χ1n) is 3.88. The summed E-state index contributed by atoms with van der Waals surface area (Å²) in [6, 6.07) is 1.42. The minimum Gasteiger partial charge on any atom is -0.383 e. The Morgan fingerprint density at radius 2 is 2.29 bits per heavy atom. The molecule has 0 fully saturated rings. The standard InChI is InChI=1S/C7H10BrN3O2S/c1-2-11-14(12,13)6-3-5(8)4-10-7(6)9/h3-4,11H,2H2,1H3,(H2,9,10). The maximum absolute atomic E-state index is 11.6. The molecule has 0 unspecified atom stereocenters. The van der Waals surface area contributed by atoms with Crippen molar-refractivity contribution in [2.75, 3.05) is 12.3 Å². The Labute approximate surface area is 90.9 Å². The molecule has 5 nitrogen and oxygen atoms in total. The van der Waals surface area contributed by atoms with Crippen molar-refractivity contribution in [3.8, 4) is 0 Å². The highest BCUT2D eigenvalue weighted by Gasteiger charge is 2.17. The number of nitrogens with two attached hydrogens (primary N) is 1. The Balaban J connectivity index is 3.25. The molecule has 1 aromatic rings. The summed E-state index contributed by atoms with van der Waals surface area (Å²) < 4.78 is 26.0. The van der Waals surface area contributed by atoms with Crippen molar-refractivity contribution in [3.05, 3.63) is 16.7 Å². The van der Waals surface area contributed by atoms with Gasteiger partial charge in [-0.1, -0.05) is 6.92 Å². The zero-order valence-electron chi connectivity index (χ0n) is 7.49. The summed E-state index contributed by atoms with van der Waals surface area (Å²) in [6.45, 7) is 2.01. The number of nitrogens with one attached hydrogen (secondary N) is 1. The average Bonchev–Trinajstić information content (AvgIpc) is 2.09. The van der Waals surface area contributed by atoms with E-state index in [1.807, 2.05) is 0 Å². The fourth-order valence-corrected chi connectivity index (χ4v) is 2.54. The van der Waals surface area contributed by atoms with Crippen LogP contribution < -0.4 is 10.5 Å². The maximum atomic E-state index is 11.6. The molecule has 0 bridgehead atoms. The minimum atomic E-state index is -3.53. The molecule has 0 atom stereocenters. The molecule has 1 heterocycles. The van der Waals surface area contributed by atoms with Crippen LogP contribution in [0.1, 0.15) is 6.92 Å². The number of nitrogens with zero attached hydrogens (tertiary/aromatic N) is 1. The first kappa shape index (κ1) is 11.4. The molecule has 0 aromatic carbocycles. The summed E-state index contributed by atoms with van der Waals surface area (Å²) in [4.78, 5) is 3.73. The number of aromatic nitrogens is 1. The molecule has 0 saturated heterocycles. The van der Waals surface area contributed by atoms with Crippen molar-refractivity contribution in [2.24, 2.45) is 0 Å². The largest absolute Gasteiger partial charge is 0.383 e. The van der Waals surface area contributed by atoms with Crippen molar-refractivity contribution >= 4 is 31.8 Å². The third-order valence-electron chi connectivity index (χ3n) is 1.47. The Morgan fingerprint density at radius 1 is 1.64 bits per heavy atom. The van der Waals surface area contributed by atoms with E-state index in [1.54, 1.807) is 6.92 Å². The van der Waals surface area contributed by atoms with Crippen LogP contribution in [0.5, 0.6) is 0 Å². The molecular weight excluding hydrogens is 270 g/mol. The number of anilines is 1. The van der Waals surface area contributed by atoms with E-state index in [2.05, 4.69) is 25.6 Å². The smallest absolute Gasteiger partial charge is 0.244 e. The zero-order valence-corrected chi connectivity index (χ0v) is 9.89. The lowest BCUT2D eigenvalue weighted by Crippen LogP contribution is -2.24. The molecule has 0 aliphatic carbocycles. The van der Waals surface area contributed by atoms with Crippen LogP contribution in [0.3, 0.4) is 0 Å². The number of rotatable bonds is 3. The molecule has 3 N–H and O–H groups in total. The zero-order chi connectivity index (χ0) is 10.8. The summed E-state index contributed by atoms with van der Waals surface area (Å²) in [6.07, 6.45) is 1.44. The van der Waals surface area contributed by atoms with Gasteiger partial charge in [-0.15, -0.1) is 0 Å². The van der Waals surface area contributed by atoms with Gasteiger partial charge in [-0.3, -0.25) is 0 Å². The Morgan fingerprint density at radius 3 is 2.86 bits per heavy atom. The first-order chi connectivity index (χ1) is 6.47. The number of hydrogen-bond donors (Lipinski definition) is 2. The summed E-state index contributed by atoms with van der Waals surface area (Å²) in [5, 5.41) is 0. The fraction of sp³-hybridized carbons (Fsp3) is 0.286. The Kier molecular flexibility index (Phi) is 3.46. The lowest BCUT2D eigenvalue weighted by molar-refractivity contribution is 0.584. The first-order valence-corrected chi connectivity index (χ1v) is 6.15. The van der Waals surface area contributed by atoms with Crippen LogP contribution >= 0.6 is 15.9 Å². The molecule has 1 aromatic heterocycles. The van der Waals surface area contributed by atoms with Gasteiger partial charge in [0.15, 0.2) is 0 Å². The van der Waals surface area contributed by atoms with Crippen LogP contribution in [-0.2, 0) is 10.0 Å². The monoisotopic (exact) mass is 279 g/mol.